The second-order valence-electron chi connectivity index (χ2n) is 7.06. The lowest BCUT2D eigenvalue weighted by molar-refractivity contribution is 0.303. The van der Waals surface area contributed by atoms with Crippen molar-refractivity contribution in [3.05, 3.63) is 0 Å². The van der Waals surface area contributed by atoms with E-state index in [1.54, 1.807) is 0 Å². The highest BCUT2D eigenvalue weighted by Gasteiger charge is 2.30. The van der Waals surface area contributed by atoms with E-state index in [2.05, 4.69) is 35.9 Å². The van der Waals surface area contributed by atoms with Gasteiger partial charge in [-0.1, -0.05) is 13.8 Å². The number of nitrogens with zero attached hydrogens (tertiary/aromatic N) is 3. The van der Waals surface area contributed by atoms with Crippen LogP contribution in [0, 0.1) is 5.41 Å². The molecule has 0 bridgehead atoms. The molecule has 2 saturated heterocycles. The van der Waals surface area contributed by atoms with Crippen LogP contribution in [0.25, 0.3) is 0 Å². The highest BCUT2D eigenvalue weighted by atomic mass is 32.2. The largest absolute Gasteiger partial charge is 0.357 e. The monoisotopic (exact) mass is 330 g/mol. The molecule has 0 aromatic heterocycles. The van der Waals surface area contributed by atoms with Gasteiger partial charge in [0.05, 0.1) is 18.1 Å². The SMILES string of the molecule is CCNC(=NCCN1CCS(=O)(=O)CC1)N1CCC(C)(C)C1. The first kappa shape index (κ1) is 17.5. The number of aliphatic imine (C=N–C) groups is 1. The van der Waals surface area contributed by atoms with Gasteiger partial charge in [0.1, 0.15) is 0 Å². The predicted molar refractivity (Wildman–Crippen MR) is 91.0 cm³/mol. The molecule has 0 aliphatic carbocycles. The van der Waals surface area contributed by atoms with Crippen molar-refractivity contribution >= 4 is 15.8 Å². The van der Waals surface area contributed by atoms with Gasteiger partial charge in [0, 0.05) is 39.3 Å². The fourth-order valence-electron chi connectivity index (χ4n) is 2.99. The minimum Gasteiger partial charge on any atom is -0.357 e. The van der Waals surface area contributed by atoms with Crippen molar-refractivity contribution in [2.45, 2.75) is 27.2 Å². The van der Waals surface area contributed by atoms with E-state index in [9.17, 15) is 8.42 Å². The summed E-state index contributed by atoms with van der Waals surface area (Å²) in [4.78, 5) is 9.27. The zero-order valence-electron chi connectivity index (χ0n) is 14.1. The van der Waals surface area contributed by atoms with Crippen molar-refractivity contribution in [2.24, 2.45) is 10.4 Å². The first-order valence-electron chi connectivity index (χ1n) is 8.27. The average molecular weight is 330 g/mol. The van der Waals surface area contributed by atoms with Gasteiger partial charge in [-0.3, -0.25) is 9.89 Å². The molecule has 128 valence electrons. The summed E-state index contributed by atoms with van der Waals surface area (Å²) < 4.78 is 22.9. The minimum absolute atomic E-state index is 0.289. The summed E-state index contributed by atoms with van der Waals surface area (Å²) in [7, 11) is -2.79. The summed E-state index contributed by atoms with van der Waals surface area (Å²) in [5.74, 6) is 1.58. The molecule has 2 fully saturated rings. The molecule has 0 amide bonds. The molecule has 6 nitrogen and oxygen atoms in total. The number of nitrogens with one attached hydrogen (secondary N) is 1. The van der Waals surface area contributed by atoms with Crippen LogP contribution in [0.15, 0.2) is 4.99 Å². The Bertz CT molecular complexity index is 488. The number of rotatable bonds is 4. The van der Waals surface area contributed by atoms with Crippen LogP contribution in [0.1, 0.15) is 27.2 Å². The summed E-state index contributed by atoms with van der Waals surface area (Å²) in [6.07, 6.45) is 1.20. The van der Waals surface area contributed by atoms with Crippen molar-refractivity contribution in [1.82, 2.24) is 15.1 Å². The normalized spacial score (nSPS) is 25.4. The number of guanidine groups is 1. The smallest absolute Gasteiger partial charge is 0.193 e. The van der Waals surface area contributed by atoms with Gasteiger partial charge in [-0.05, 0) is 18.8 Å². The van der Waals surface area contributed by atoms with Gasteiger partial charge in [0.15, 0.2) is 15.8 Å². The van der Waals surface area contributed by atoms with Crippen LogP contribution < -0.4 is 5.32 Å². The summed E-state index contributed by atoms with van der Waals surface area (Å²) in [5, 5.41) is 3.37. The summed E-state index contributed by atoms with van der Waals surface area (Å²) >= 11 is 0. The Balaban J connectivity index is 1.83. The van der Waals surface area contributed by atoms with Gasteiger partial charge < -0.3 is 10.2 Å². The molecular weight excluding hydrogens is 300 g/mol. The van der Waals surface area contributed by atoms with Gasteiger partial charge in [0.25, 0.3) is 0 Å². The number of likely N-dealkylation sites (tertiary alicyclic amines) is 1. The Labute approximate surface area is 134 Å². The quantitative estimate of drug-likeness (QED) is 0.598. The predicted octanol–water partition coefficient (Wildman–Crippen LogP) is 0.414. The fraction of sp³-hybridized carbons (Fsp3) is 0.933. The Kier molecular flexibility index (Phi) is 5.71. The molecule has 0 aromatic carbocycles. The number of sulfone groups is 1. The molecule has 2 heterocycles. The maximum absolute atomic E-state index is 11.4. The van der Waals surface area contributed by atoms with Gasteiger partial charge in [-0.2, -0.15) is 0 Å². The van der Waals surface area contributed by atoms with Crippen molar-refractivity contribution in [2.75, 3.05) is 57.3 Å². The molecule has 0 radical (unpaired) electrons. The van der Waals surface area contributed by atoms with E-state index >= 15 is 0 Å². The van der Waals surface area contributed by atoms with Crippen molar-refractivity contribution in [3.63, 3.8) is 0 Å². The third kappa shape index (κ3) is 5.12. The van der Waals surface area contributed by atoms with E-state index in [1.807, 2.05) is 0 Å². The molecule has 7 heteroatoms. The molecule has 2 aliphatic rings. The zero-order chi connectivity index (χ0) is 16.2. The van der Waals surface area contributed by atoms with E-state index < -0.39 is 9.84 Å². The Morgan fingerprint density at radius 1 is 1.23 bits per heavy atom. The lowest BCUT2D eigenvalue weighted by atomic mass is 9.93. The lowest BCUT2D eigenvalue weighted by Gasteiger charge is -2.27. The molecule has 22 heavy (non-hydrogen) atoms. The van der Waals surface area contributed by atoms with Crippen LogP contribution in [0.4, 0.5) is 0 Å². The first-order chi connectivity index (χ1) is 10.3. The van der Waals surface area contributed by atoms with E-state index in [0.29, 0.717) is 18.5 Å². The molecule has 2 rings (SSSR count). The topological polar surface area (TPSA) is 65.0 Å². The highest BCUT2D eigenvalue weighted by Crippen LogP contribution is 2.28. The molecule has 2 aliphatic heterocycles. The summed E-state index contributed by atoms with van der Waals surface area (Å²) in [5.41, 5.74) is 0.359. The van der Waals surface area contributed by atoms with E-state index in [4.69, 9.17) is 4.99 Å². The maximum Gasteiger partial charge on any atom is 0.193 e. The van der Waals surface area contributed by atoms with Crippen LogP contribution in [-0.4, -0.2) is 81.5 Å². The van der Waals surface area contributed by atoms with Crippen molar-refractivity contribution in [3.8, 4) is 0 Å². The van der Waals surface area contributed by atoms with E-state index in [0.717, 1.165) is 38.7 Å². The highest BCUT2D eigenvalue weighted by molar-refractivity contribution is 7.91. The standard InChI is InChI=1S/C15H30N4O2S/c1-4-16-14(19-7-5-15(2,3)13-19)17-6-8-18-9-11-22(20,21)12-10-18/h4-13H2,1-3H3,(H,16,17). The molecule has 0 aromatic rings. The molecule has 0 unspecified atom stereocenters. The maximum atomic E-state index is 11.4. The third-order valence-corrected chi connectivity index (χ3v) is 6.04. The summed E-state index contributed by atoms with van der Waals surface area (Å²) in [6.45, 7) is 12.5. The van der Waals surface area contributed by atoms with Crippen molar-refractivity contribution < 1.29 is 8.42 Å². The number of hydrogen-bond donors (Lipinski definition) is 1. The van der Waals surface area contributed by atoms with E-state index in [-0.39, 0.29) is 11.5 Å². The van der Waals surface area contributed by atoms with Gasteiger partial charge in [0.2, 0.25) is 0 Å². The fourth-order valence-corrected chi connectivity index (χ4v) is 4.27. The Hall–Kier alpha value is -0.820. The first-order valence-corrected chi connectivity index (χ1v) is 10.1. The minimum atomic E-state index is -2.79. The van der Waals surface area contributed by atoms with Gasteiger partial charge in [-0.25, -0.2) is 8.42 Å². The number of hydrogen-bond acceptors (Lipinski definition) is 4. The summed E-state index contributed by atoms with van der Waals surface area (Å²) in [6, 6.07) is 0. The van der Waals surface area contributed by atoms with Gasteiger partial charge >= 0.3 is 0 Å². The van der Waals surface area contributed by atoms with E-state index in [1.165, 1.54) is 6.42 Å². The van der Waals surface area contributed by atoms with Crippen molar-refractivity contribution in [1.29, 1.82) is 0 Å². The van der Waals surface area contributed by atoms with Gasteiger partial charge in [-0.15, -0.1) is 0 Å². The second kappa shape index (κ2) is 7.17. The molecule has 0 spiro atoms. The molecule has 0 saturated carbocycles. The van der Waals surface area contributed by atoms with Crippen LogP contribution in [0.2, 0.25) is 0 Å². The molecule has 1 N–H and O–H groups in total. The van der Waals surface area contributed by atoms with Crippen LogP contribution >= 0.6 is 0 Å². The molecule has 0 atom stereocenters. The lowest BCUT2D eigenvalue weighted by Crippen LogP contribution is -2.43. The zero-order valence-corrected chi connectivity index (χ0v) is 15.0. The third-order valence-electron chi connectivity index (χ3n) is 4.43. The van der Waals surface area contributed by atoms with Crippen LogP contribution in [-0.2, 0) is 9.84 Å². The second-order valence-corrected chi connectivity index (χ2v) is 9.37. The van der Waals surface area contributed by atoms with Crippen LogP contribution in [0.5, 0.6) is 0 Å². The Morgan fingerprint density at radius 3 is 2.45 bits per heavy atom. The van der Waals surface area contributed by atoms with Crippen LogP contribution in [0.3, 0.4) is 0 Å². The average Bonchev–Trinajstić information content (AvgIpc) is 2.80. The Morgan fingerprint density at radius 2 is 1.91 bits per heavy atom. The molecular formula is C15H30N4O2S.